The number of piperidine rings is 1. The predicted octanol–water partition coefficient (Wildman–Crippen LogP) is 4.46. The minimum absolute atomic E-state index is 0.120. The zero-order valence-electron chi connectivity index (χ0n) is 15.2. The predicted molar refractivity (Wildman–Crippen MR) is 99.2 cm³/mol. The molecule has 150 valence electrons. The molecule has 1 aliphatic carbocycles. The molecule has 1 saturated carbocycles. The fourth-order valence-corrected chi connectivity index (χ4v) is 4.47. The summed E-state index contributed by atoms with van der Waals surface area (Å²) in [6.07, 6.45) is 2.10. The van der Waals surface area contributed by atoms with Crippen molar-refractivity contribution in [3.05, 3.63) is 34.9 Å². The molecule has 2 N–H and O–H groups in total. The van der Waals surface area contributed by atoms with Gasteiger partial charge >= 0.3 is 5.97 Å². The lowest BCUT2D eigenvalue weighted by molar-refractivity contribution is -0.179. The Labute approximate surface area is 163 Å². The molecule has 2 aliphatic rings. The highest BCUT2D eigenvalue weighted by Crippen LogP contribution is 2.49. The number of carbonyl (C=O) groups is 1. The number of carboxylic acid groups (broad SMARTS) is 1. The minimum Gasteiger partial charge on any atom is -0.479 e. The molecule has 0 spiro atoms. The van der Waals surface area contributed by atoms with Gasteiger partial charge in [-0.2, -0.15) is 0 Å². The number of hydrogen-bond acceptors (Lipinski definition) is 3. The molecule has 1 saturated heterocycles. The van der Waals surface area contributed by atoms with E-state index in [4.69, 9.17) is 16.3 Å². The fourth-order valence-electron chi connectivity index (χ4n) is 4.35. The molecule has 4 nitrogen and oxygen atoms in total. The van der Waals surface area contributed by atoms with Gasteiger partial charge in [0.1, 0.15) is 0 Å². The largest absolute Gasteiger partial charge is 0.479 e. The Morgan fingerprint density at radius 3 is 2.48 bits per heavy atom. The van der Waals surface area contributed by atoms with Crippen molar-refractivity contribution < 1.29 is 23.4 Å². The van der Waals surface area contributed by atoms with Gasteiger partial charge in [0.15, 0.2) is 5.60 Å². The van der Waals surface area contributed by atoms with Crippen molar-refractivity contribution in [1.29, 1.82) is 0 Å². The first-order valence-corrected chi connectivity index (χ1v) is 9.93. The van der Waals surface area contributed by atoms with Crippen LogP contribution in [0.15, 0.2) is 24.3 Å². The first-order chi connectivity index (χ1) is 12.8. The molecule has 2 fully saturated rings. The van der Waals surface area contributed by atoms with E-state index < -0.39 is 29.8 Å². The van der Waals surface area contributed by atoms with Gasteiger partial charge in [-0.3, -0.25) is 0 Å². The summed E-state index contributed by atoms with van der Waals surface area (Å²) in [5.41, 5.74) is -1.38. The van der Waals surface area contributed by atoms with Crippen LogP contribution in [-0.2, 0) is 15.1 Å². The zero-order valence-corrected chi connectivity index (χ0v) is 16.0. The Bertz CT molecular complexity index is 649. The van der Waals surface area contributed by atoms with Gasteiger partial charge in [-0.25, -0.2) is 13.6 Å². The summed E-state index contributed by atoms with van der Waals surface area (Å²) in [7, 11) is 0. The summed E-state index contributed by atoms with van der Waals surface area (Å²) in [5, 5.41) is 13.9. The molecule has 1 heterocycles. The van der Waals surface area contributed by atoms with E-state index in [1.165, 1.54) is 0 Å². The molecule has 0 bridgehead atoms. The third-order valence-corrected chi connectivity index (χ3v) is 6.14. The van der Waals surface area contributed by atoms with Crippen LogP contribution in [0.25, 0.3) is 0 Å². The molecule has 2 atom stereocenters. The van der Waals surface area contributed by atoms with E-state index in [1.807, 2.05) is 0 Å². The molecule has 27 heavy (non-hydrogen) atoms. The number of rotatable bonds is 7. The van der Waals surface area contributed by atoms with Crippen molar-refractivity contribution >= 4 is 17.6 Å². The van der Waals surface area contributed by atoms with Crippen molar-refractivity contribution in [2.45, 2.75) is 50.0 Å². The normalized spacial score (nSPS) is 25.2. The van der Waals surface area contributed by atoms with Crippen molar-refractivity contribution in [1.82, 2.24) is 5.32 Å². The van der Waals surface area contributed by atoms with Gasteiger partial charge in [-0.1, -0.05) is 23.7 Å². The monoisotopic (exact) mass is 401 g/mol. The van der Waals surface area contributed by atoms with Crippen LogP contribution in [0.2, 0.25) is 5.02 Å². The second-order valence-corrected chi connectivity index (χ2v) is 8.11. The van der Waals surface area contributed by atoms with Gasteiger partial charge in [-0.05, 0) is 62.4 Å². The first-order valence-electron chi connectivity index (χ1n) is 9.55. The number of hydrogen-bond donors (Lipinski definition) is 2. The Hall–Kier alpha value is -1.24. The van der Waals surface area contributed by atoms with Crippen LogP contribution in [0.5, 0.6) is 0 Å². The fraction of sp³-hybridized carbons (Fsp3) is 0.650. The summed E-state index contributed by atoms with van der Waals surface area (Å²) in [5.74, 6) is -4.37. The quantitative estimate of drug-likeness (QED) is 0.708. The third kappa shape index (κ3) is 4.61. The number of alkyl halides is 2. The van der Waals surface area contributed by atoms with Crippen molar-refractivity contribution in [3.63, 3.8) is 0 Å². The summed E-state index contributed by atoms with van der Waals surface area (Å²) in [6, 6.07) is 6.32. The maximum Gasteiger partial charge on any atom is 0.340 e. The van der Waals surface area contributed by atoms with E-state index in [1.54, 1.807) is 24.3 Å². The molecule has 1 aliphatic heterocycles. The average Bonchev–Trinajstić information content (AvgIpc) is 3.00. The molecule has 3 rings (SSSR count). The first kappa shape index (κ1) is 20.5. The second kappa shape index (κ2) is 8.41. The van der Waals surface area contributed by atoms with E-state index in [9.17, 15) is 18.7 Å². The molecule has 0 aromatic heterocycles. The maximum absolute atomic E-state index is 13.9. The highest BCUT2D eigenvalue weighted by molar-refractivity contribution is 6.30. The van der Waals surface area contributed by atoms with Crippen LogP contribution in [0.1, 0.15) is 44.1 Å². The third-order valence-electron chi connectivity index (χ3n) is 5.88. The van der Waals surface area contributed by atoms with Gasteiger partial charge in [0.2, 0.25) is 5.92 Å². The van der Waals surface area contributed by atoms with E-state index in [-0.39, 0.29) is 19.4 Å². The van der Waals surface area contributed by atoms with Crippen LogP contribution >= 0.6 is 11.6 Å². The molecule has 1 aromatic carbocycles. The minimum atomic E-state index is -2.85. The van der Waals surface area contributed by atoms with Crippen molar-refractivity contribution in [2.24, 2.45) is 11.8 Å². The Balaban J connectivity index is 1.84. The SMILES string of the molecule is O=C(O)[C@](OCCC1CCNCC1)(c1ccc(Cl)cc1)[C@@H]1CCC(F)(F)C1. The molecule has 1 aromatic rings. The summed E-state index contributed by atoms with van der Waals surface area (Å²) < 4.78 is 33.8. The highest BCUT2D eigenvalue weighted by atomic mass is 35.5. The lowest BCUT2D eigenvalue weighted by Gasteiger charge is -2.36. The average molecular weight is 402 g/mol. The van der Waals surface area contributed by atoms with Gasteiger partial charge in [-0.15, -0.1) is 0 Å². The lowest BCUT2D eigenvalue weighted by atomic mass is 9.79. The molecular weight excluding hydrogens is 376 g/mol. The Morgan fingerprint density at radius 2 is 1.93 bits per heavy atom. The molecule has 0 amide bonds. The van der Waals surface area contributed by atoms with Crippen molar-refractivity contribution in [3.8, 4) is 0 Å². The van der Waals surface area contributed by atoms with E-state index in [2.05, 4.69) is 5.32 Å². The molecule has 0 radical (unpaired) electrons. The Morgan fingerprint density at radius 1 is 1.26 bits per heavy atom. The van der Waals surface area contributed by atoms with Crippen LogP contribution in [0, 0.1) is 11.8 Å². The summed E-state index contributed by atoms with van der Waals surface area (Å²) >= 11 is 5.94. The van der Waals surface area contributed by atoms with Crippen LogP contribution in [0.3, 0.4) is 0 Å². The number of aliphatic carboxylic acids is 1. The number of carboxylic acids is 1. The maximum atomic E-state index is 13.9. The second-order valence-electron chi connectivity index (χ2n) is 7.67. The summed E-state index contributed by atoms with van der Waals surface area (Å²) in [4.78, 5) is 12.4. The molecular formula is C20H26ClF2NO3. The number of benzene rings is 1. The number of ether oxygens (including phenoxy) is 1. The van der Waals surface area contributed by atoms with Crippen LogP contribution in [0.4, 0.5) is 8.78 Å². The van der Waals surface area contributed by atoms with Gasteiger partial charge < -0.3 is 15.2 Å². The highest BCUT2D eigenvalue weighted by Gasteiger charge is 2.55. The van der Waals surface area contributed by atoms with Gasteiger partial charge in [0, 0.05) is 30.4 Å². The van der Waals surface area contributed by atoms with Crippen molar-refractivity contribution in [2.75, 3.05) is 19.7 Å². The van der Waals surface area contributed by atoms with Crippen LogP contribution in [-0.4, -0.2) is 36.7 Å². The Kier molecular flexibility index (Phi) is 6.39. The zero-order chi connectivity index (χ0) is 19.5. The topological polar surface area (TPSA) is 58.6 Å². The standard InChI is InChI=1S/C20H26ClF2NO3/c21-17-3-1-15(2-4-17)20(18(25)26,16-5-9-19(22,23)13-16)27-12-8-14-6-10-24-11-7-14/h1-4,14,16,24H,5-13H2,(H,25,26)/t16-,20+/m1/s1. The van der Waals surface area contributed by atoms with E-state index >= 15 is 0 Å². The lowest BCUT2D eigenvalue weighted by Crippen LogP contribution is -2.46. The summed E-state index contributed by atoms with van der Waals surface area (Å²) in [6.45, 7) is 2.13. The number of halogens is 3. The van der Waals surface area contributed by atoms with E-state index in [0.717, 1.165) is 32.4 Å². The van der Waals surface area contributed by atoms with Crippen LogP contribution < -0.4 is 5.32 Å². The van der Waals surface area contributed by atoms with Gasteiger partial charge in [0.05, 0.1) is 0 Å². The van der Waals surface area contributed by atoms with Gasteiger partial charge in [0.25, 0.3) is 0 Å². The molecule has 0 unspecified atom stereocenters. The van der Waals surface area contributed by atoms with E-state index in [0.29, 0.717) is 16.5 Å². The smallest absolute Gasteiger partial charge is 0.340 e. The molecule has 7 heteroatoms. The number of nitrogens with one attached hydrogen (secondary N) is 1.